The maximum atomic E-state index is 12.3. The minimum atomic E-state index is 0.116. The van der Waals surface area contributed by atoms with Crippen LogP contribution in [0.3, 0.4) is 0 Å². The fourth-order valence-electron chi connectivity index (χ4n) is 2.37. The first kappa shape index (κ1) is 12.6. The molecule has 0 spiro atoms. The summed E-state index contributed by atoms with van der Waals surface area (Å²) in [6, 6.07) is 0.146. The van der Waals surface area contributed by atoms with Gasteiger partial charge in [-0.15, -0.1) is 11.3 Å². The molecule has 0 aliphatic carbocycles. The molecule has 1 amide bonds. The molecule has 19 heavy (non-hydrogen) atoms. The Morgan fingerprint density at radius 2 is 2.42 bits per heavy atom. The minimum absolute atomic E-state index is 0.116. The highest BCUT2D eigenvalue weighted by atomic mass is 32.1. The quantitative estimate of drug-likeness (QED) is 0.838. The third kappa shape index (κ3) is 2.50. The Balaban J connectivity index is 1.71. The number of aromatic nitrogens is 2. The second kappa shape index (κ2) is 4.94. The molecule has 0 radical (unpaired) electrons. The van der Waals surface area contributed by atoms with Crippen LogP contribution in [0.1, 0.15) is 19.5 Å². The number of amides is 1. The van der Waals surface area contributed by atoms with Crippen LogP contribution in [0.25, 0.3) is 4.96 Å². The molecular weight excluding hydrogens is 262 g/mol. The second-order valence-corrected chi connectivity index (χ2v) is 5.91. The first-order chi connectivity index (χ1) is 9.13. The van der Waals surface area contributed by atoms with Crippen molar-refractivity contribution in [2.45, 2.75) is 32.4 Å². The summed E-state index contributed by atoms with van der Waals surface area (Å²) in [5.74, 6) is 0.133. The predicted molar refractivity (Wildman–Crippen MR) is 73.4 cm³/mol. The van der Waals surface area contributed by atoms with Gasteiger partial charge in [0.2, 0.25) is 5.91 Å². The highest BCUT2D eigenvalue weighted by Gasteiger charge is 2.27. The molecule has 0 aromatic carbocycles. The molecule has 2 unspecified atom stereocenters. The van der Waals surface area contributed by atoms with Crippen LogP contribution in [0.15, 0.2) is 17.8 Å². The molecule has 3 rings (SSSR count). The van der Waals surface area contributed by atoms with Crippen LogP contribution >= 0.6 is 11.3 Å². The van der Waals surface area contributed by atoms with Crippen molar-refractivity contribution >= 4 is 22.2 Å². The van der Waals surface area contributed by atoms with Crippen molar-refractivity contribution < 1.29 is 9.53 Å². The van der Waals surface area contributed by atoms with E-state index in [1.165, 1.54) is 0 Å². The molecular formula is C13H17N3O2S. The lowest BCUT2D eigenvalue weighted by atomic mass is 10.2. The highest BCUT2D eigenvalue weighted by Crippen LogP contribution is 2.15. The summed E-state index contributed by atoms with van der Waals surface area (Å²) < 4.78 is 7.50. The summed E-state index contributed by atoms with van der Waals surface area (Å²) in [5, 5.41) is 1.99. The molecule has 1 aliphatic heterocycles. The zero-order chi connectivity index (χ0) is 13.4. The summed E-state index contributed by atoms with van der Waals surface area (Å²) in [4.78, 5) is 19.6. The number of carbonyl (C=O) groups is 1. The third-order valence-electron chi connectivity index (χ3n) is 3.40. The summed E-state index contributed by atoms with van der Waals surface area (Å²) in [6.07, 6.45) is 4.37. The molecule has 3 heterocycles. The van der Waals surface area contributed by atoms with Crippen molar-refractivity contribution in [3.8, 4) is 0 Å². The van der Waals surface area contributed by atoms with Crippen LogP contribution in [-0.4, -0.2) is 45.5 Å². The van der Waals surface area contributed by atoms with Crippen molar-refractivity contribution in [3.63, 3.8) is 0 Å². The largest absolute Gasteiger partial charge is 0.375 e. The monoisotopic (exact) mass is 279 g/mol. The van der Waals surface area contributed by atoms with Gasteiger partial charge in [-0.3, -0.25) is 9.20 Å². The maximum Gasteiger partial charge on any atom is 0.229 e. The van der Waals surface area contributed by atoms with Gasteiger partial charge in [0.05, 0.1) is 30.9 Å². The molecule has 1 aliphatic rings. The van der Waals surface area contributed by atoms with Crippen molar-refractivity contribution in [1.29, 1.82) is 0 Å². The van der Waals surface area contributed by atoms with Crippen LogP contribution in [0.4, 0.5) is 0 Å². The number of thiazole rings is 1. The Labute approximate surface area is 115 Å². The standard InChI is InChI=1S/C13H17N3O2S/c1-9-8-18-10(2)6-16(9)12(17)5-11-7-15-3-4-19-13(15)14-11/h3-4,7,9-10H,5-6,8H2,1-2H3. The number of hydrogen-bond donors (Lipinski definition) is 0. The second-order valence-electron chi connectivity index (χ2n) is 5.04. The van der Waals surface area contributed by atoms with Crippen molar-refractivity contribution in [2.75, 3.05) is 13.2 Å². The van der Waals surface area contributed by atoms with Crippen molar-refractivity contribution in [2.24, 2.45) is 0 Å². The smallest absolute Gasteiger partial charge is 0.229 e. The molecule has 6 heteroatoms. The van der Waals surface area contributed by atoms with Crippen LogP contribution in [-0.2, 0) is 16.0 Å². The zero-order valence-corrected chi connectivity index (χ0v) is 11.9. The number of imidazole rings is 1. The van der Waals surface area contributed by atoms with E-state index < -0.39 is 0 Å². The highest BCUT2D eigenvalue weighted by molar-refractivity contribution is 7.15. The van der Waals surface area contributed by atoms with E-state index in [1.807, 2.05) is 40.9 Å². The minimum Gasteiger partial charge on any atom is -0.375 e. The summed E-state index contributed by atoms with van der Waals surface area (Å²) in [5.41, 5.74) is 0.836. The molecule has 2 aromatic rings. The van der Waals surface area contributed by atoms with Crippen molar-refractivity contribution in [3.05, 3.63) is 23.5 Å². The fourth-order valence-corrected chi connectivity index (χ4v) is 3.09. The SMILES string of the molecule is CC1CN(C(=O)Cc2cn3ccsc3n2)C(C)CO1. The number of fused-ring (bicyclic) bond motifs is 1. The number of morpholine rings is 1. The molecule has 102 valence electrons. The Morgan fingerprint density at radius 3 is 3.21 bits per heavy atom. The molecule has 0 saturated carbocycles. The Kier molecular flexibility index (Phi) is 3.28. The molecule has 2 aromatic heterocycles. The maximum absolute atomic E-state index is 12.3. The number of hydrogen-bond acceptors (Lipinski definition) is 4. The van der Waals surface area contributed by atoms with Gasteiger partial charge in [0.1, 0.15) is 0 Å². The first-order valence-electron chi connectivity index (χ1n) is 6.45. The van der Waals surface area contributed by atoms with Gasteiger partial charge in [-0.25, -0.2) is 4.98 Å². The van der Waals surface area contributed by atoms with E-state index in [1.54, 1.807) is 11.3 Å². The Bertz CT molecular complexity index is 563. The van der Waals surface area contributed by atoms with Crippen LogP contribution < -0.4 is 0 Å². The topological polar surface area (TPSA) is 46.8 Å². The molecule has 1 fully saturated rings. The summed E-state index contributed by atoms with van der Waals surface area (Å²) >= 11 is 1.58. The number of carbonyl (C=O) groups excluding carboxylic acids is 1. The van der Waals surface area contributed by atoms with Gasteiger partial charge in [0.15, 0.2) is 4.96 Å². The van der Waals surface area contributed by atoms with Gasteiger partial charge in [0, 0.05) is 24.3 Å². The van der Waals surface area contributed by atoms with Crippen LogP contribution in [0, 0.1) is 0 Å². The van der Waals surface area contributed by atoms with Crippen LogP contribution in [0.5, 0.6) is 0 Å². The predicted octanol–water partition coefficient (Wildman–Crippen LogP) is 1.57. The molecule has 1 saturated heterocycles. The lowest BCUT2D eigenvalue weighted by molar-refractivity contribution is -0.142. The normalized spacial score (nSPS) is 24.0. The number of ether oxygens (including phenoxy) is 1. The summed E-state index contributed by atoms with van der Waals surface area (Å²) in [7, 11) is 0. The summed E-state index contributed by atoms with van der Waals surface area (Å²) in [6.45, 7) is 5.31. The molecule has 5 nitrogen and oxygen atoms in total. The molecule has 0 N–H and O–H groups in total. The lowest BCUT2D eigenvalue weighted by Crippen LogP contribution is -2.50. The lowest BCUT2D eigenvalue weighted by Gasteiger charge is -2.36. The fraction of sp³-hybridized carbons (Fsp3) is 0.538. The van der Waals surface area contributed by atoms with Gasteiger partial charge in [-0.05, 0) is 13.8 Å². The Hall–Kier alpha value is -1.40. The van der Waals surface area contributed by atoms with Gasteiger partial charge in [-0.2, -0.15) is 0 Å². The number of nitrogens with zero attached hydrogens (tertiary/aromatic N) is 3. The first-order valence-corrected chi connectivity index (χ1v) is 7.33. The third-order valence-corrected chi connectivity index (χ3v) is 4.17. The molecule has 2 atom stereocenters. The van der Waals surface area contributed by atoms with E-state index in [0.29, 0.717) is 19.6 Å². The van der Waals surface area contributed by atoms with E-state index in [0.717, 1.165) is 10.7 Å². The van der Waals surface area contributed by atoms with E-state index in [4.69, 9.17) is 4.74 Å². The number of rotatable bonds is 2. The van der Waals surface area contributed by atoms with E-state index >= 15 is 0 Å². The average Bonchev–Trinajstić information content (AvgIpc) is 2.92. The molecule has 0 bridgehead atoms. The average molecular weight is 279 g/mol. The van der Waals surface area contributed by atoms with E-state index in [2.05, 4.69) is 4.98 Å². The van der Waals surface area contributed by atoms with Crippen LogP contribution in [0.2, 0.25) is 0 Å². The Morgan fingerprint density at radius 1 is 1.58 bits per heavy atom. The van der Waals surface area contributed by atoms with Gasteiger partial charge < -0.3 is 9.64 Å². The van der Waals surface area contributed by atoms with E-state index in [9.17, 15) is 4.79 Å². The van der Waals surface area contributed by atoms with Gasteiger partial charge in [0.25, 0.3) is 0 Å². The zero-order valence-electron chi connectivity index (χ0n) is 11.1. The van der Waals surface area contributed by atoms with Gasteiger partial charge >= 0.3 is 0 Å². The van der Waals surface area contributed by atoms with E-state index in [-0.39, 0.29) is 18.1 Å². The van der Waals surface area contributed by atoms with Crippen molar-refractivity contribution in [1.82, 2.24) is 14.3 Å². The van der Waals surface area contributed by atoms with Gasteiger partial charge in [-0.1, -0.05) is 0 Å².